The molecule has 0 radical (unpaired) electrons. The second-order valence-electron chi connectivity index (χ2n) is 7.84. The zero-order chi connectivity index (χ0) is 20.4. The maximum atomic E-state index is 11.9. The first-order valence-electron chi connectivity index (χ1n) is 9.87. The summed E-state index contributed by atoms with van der Waals surface area (Å²) < 4.78 is 5.83. The van der Waals surface area contributed by atoms with Crippen molar-refractivity contribution in [2.45, 2.75) is 26.4 Å². The van der Waals surface area contributed by atoms with Gasteiger partial charge in [-0.05, 0) is 24.6 Å². The number of anilines is 3. The number of hydrogen-bond acceptors (Lipinski definition) is 8. The van der Waals surface area contributed by atoms with Crippen LogP contribution in [0.15, 0.2) is 24.3 Å². The van der Waals surface area contributed by atoms with Crippen molar-refractivity contribution in [1.29, 1.82) is 0 Å². The lowest BCUT2D eigenvalue weighted by molar-refractivity contribution is -0.130. The molecule has 9 heteroatoms. The van der Waals surface area contributed by atoms with Crippen molar-refractivity contribution in [3.8, 4) is 0 Å². The van der Waals surface area contributed by atoms with Crippen molar-refractivity contribution in [3.63, 3.8) is 0 Å². The Bertz CT molecular complexity index is 891. The topological polar surface area (TPSA) is 110 Å². The van der Waals surface area contributed by atoms with Crippen LogP contribution in [0, 0.1) is 12.8 Å². The van der Waals surface area contributed by atoms with Crippen LogP contribution < -0.4 is 11.1 Å². The predicted molar refractivity (Wildman–Crippen MR) is 109 cm³/mol. The maximum Gasteiger partial charge on any atom is 0.232 e. The minimum atomic E-state index is 0.109. The van der Waals surface area contributed by atoms with Gasteiger partial charge in [0.1, 0.15) is 5.82 Å². The Morgan fingerprint density at radius 3 is 2.90 bits per heavy atom. The minimum absolute atomic E-state index is 0.109. The first-order chi connectivity index (χ1) is 14.0. The van der Waals surface area contributed by atoms with Gasteiger partial charge in [0.05, 0.1) is 25.8 Å². The monoisotopic (exact) mass is 397 g/mol. The van der Waals surface area contributed by atoms with Crippen LogP contribution in [0.5, 0.6) is 0 Å². The highest BCUT2D eigenvalue weighted by molar-refractivity contribution is 5.73. The van der Waals surface area contributed by atoms with Gasteiger partial charge in [0.15, 0.2) is 0 Å². The number of nitrogens with one attached hydrogen (secondary N) is 1. The Morgan fingerprint density at radius 2 is 2.10 bits per heavy atom. The second kappa shape index (κ2) is 8.30. The Morgan fingerprint density at radius 1 is 1.24 bits per heavy atom. The van der Waals surface area contributed by atoms with Gasteiger partial charge in [-0.1, -0.05) is 12.1 Å². The van der Waals surface area contributed by atoms with E-state index < -0.39 is 0 Å². The Kier molecular flexibility index (Phi) is 5.59. The molecular formula is C20H27N7O2. The highest BCUT2D eigenvalue weighted by Crippen LogP contribution is 2.22. The molecule has 0 unspecified atom stereocenters. The molecule has 0 aliphatic carbocycles. The molecule has 3 N–H and O–H groups in total. The lowest BCUT2D eigenvalue weighted by atomic mass is 10.1. The number of aryl methyl sites for hydroxylation is 1. The summed E-state index contributed by atoms with van der Waals surface area (Å²) in [5, 5.41) is 3.21. The van der Waals surface area contributed by atoms with Crippen molar-refractivity contribution in [1.82, 2.24) is 24.8 Å². The zero-order valence-corrected chi connectivity index (χ0v) is 16.8. The molecule has 4 rings (SSSR count). The van der Waals surface area contributed by atoms with Gasteiger partial charge in [0.25, 0.3) is 0 Å². The molecular weight excluding hydrogens is 370 g/mol. The van der Waals surface area contributed by atoms with E-state index in [2.05, 4.69) is 25.2 Å². The molecule has 29 heavy (non-hydrogen) atoms. The largest absolute Gasteiger partial charge is 0.379 e. The van der Waals surface area contributed by atoms with Crippen molar-refractivity contribution < 1.29 is 9.53 Å². The number of fused-ring (bicyclic) bond motifs is 3. The standard InChI is InChI=1S/C20H27N7O2/c1-13-4-3-5-16(6-13)22-20-24-18(23-19(21)25-20)10-27-8-15-7-26(14(2)28)9-17(27)12-29-11-15/h3-6,15,17H,7-12H2,1-2H3,(H3,21,22,23,24,25)/t15-,17-/m0/s1. The molecule has 2 aliphatic rings. The Labute approximate surface area is 170 Å². The zero-order valence-electron chi connectivity index (χ0n) is 16.8. The molecule has 2 atom stereocenters. The van der Waals surface area contributed by atoms with Crippen LogP contribution in [0.2, 0.25) is 0 Å². The SMILES string of the molecule is CC(=O)N1C[C@@H]2COC[C@H](C1)N(Cc1nc(N)nc(Nc3cccc(C)c3)n1)C2. The summed E-state index contributed by atoms with van der Waals surface area (Å²) in [6.07, 6.45) is 0. The van der Waals surface area contributed by atoms with Gasteiger partial charge in [-0.15, -0.1) is 0 Å². The first kappa shape index (κ1) is 19.5. The van der Waals surface area contributed by atoms with Crippen LogP contribution in [0.25, 0.3) is 0 Å². The number of nitrogen functional groups attached to an aromatic ring is 1. The van der Waals surface area contributed by atoms with Gasteiger partial charge in [0.2, 0.25) is 17.8 Å². The van der Waals surface area contributed by atoms with E-state index in [4.69, 9.17) is 10.5 Å². The number of hydrogen-bond donors (Lipinski definition) is 2. The third kappa shape index (κ3) is 4.80. The van der Waals surface area contributed by atoms with Crippen LogP contribution >= 0.6 is 0 Å². The highest BCUT2D eigenvalue weighted by Gasteiger charge is 2.34. The van der Waals surface area contributed by atoms with E-state index in [9.17, 15) is 4.79 Å². The van der Waals surface area contributed by atoms with Gasteiger partial charge in [0, 0.05) is 38.2 Å². The van der Waals surface area contributed by atoms with E-state index in [-0.39, 0.29) is 23.8 Å². The predicted octanol–water partition coefficient (Wildman–Crippen LogP) is 1.18. The fourth-order valence-corrected chi connectivity index (χ4v) is 3.98. The average molecular weight is 397 g/mol. The van der Waals surface area contributed by atoms with Gasteiger partial charge < -0.3 is 20.7 Å². The van der Waals surface area contributed by atoms with Gasteiger partial charge in [-0.25, -0.2) is 0 Å². The van der Waals surface area contributed by atoms with Gasteiger partial charge in [-0.2, -0.15) is 15.0 Å². The fourth-order valence-electron chi connectivity index (χ4n) is 3.98. The molecule has 1 aromatic carbocycles. The van der Waals surface area contributed by atoms with Crippen LogP contribution in [0.1, 0.15) is 18.3 Å². The van der Waals surface area contributed by atoms with Crippen LogP contribution in [-0.4, -0.2) is 69.5 Å². The number of aromatic nitrogens is 3. The summed E-state index contributed by atoms with van der Waals surface area (Å²) in [6.45, 7) is 7.66. The normalized spacial score (nSPS) is 22.2. The van der Waals surface area contributed by atoms with Crippen LogP contribution in [0.3, 0.4) is 0 Å². The molecule has 0 saturated carbocycles. The maximum absolute atomic E-state index is 11.9. The van der Waals surface area contributed by atoms with E-state index in [1.807, 2.05) is 36.1 Å². The van der Waals surface area contributed by atoms with E-state index in [0.717, 1.165) is 24.3 Å². The van der Waals surface area contributed by atoms with E-state index in [1.165, 1.54) is 0 Å². The molecule has 0 spiro atoms. The number of amides is 1. The Hall–Kier alpha value is -2.78. The number of rotatable bonds is 4. The van der Waals surface area contributed by atoms with Crippen molar-refractivity contribution in [2.75, 3.05) is 43.9 Å². The summed E-state index contributed by atoms with van der Waals surface area (Å²) in [5.74, 6) is 1.60. The number of ether oxygens (including phenoxy) is 1. The first-order valence-corrected chi connectivity index (χ1v) is 9.87. The number of benzene rings is 1. The Balaban J connectivity index is 1.53. The molecule has 9 nitrogen and oxygen atoms in total. The average Bonchev–Trinajstić information content (AvgIpc) is 2.91. The summed E-state index contributed by atoms with van der Waals surface area (Å²) in [4.78, 5) is 29.3. The fraction of sp³-hybridized carbons (Fsp3) is 0.500. The molecule has 2 aliphatic heterocycles. The molecule has 3 heterocycles. The van der Waals surface area contributed by atoms with Crippen molar-refractivity contribution in [3.05, 3.63) is 35.7 Å². The van der Waals surface area contributed by atoms with Gasteiger partial charge >= 0.3 is 0 Å². The lowest BCUT2D eigenvalue weighted by Gasteiger charge is -2.30. The van der Waals surface area contributed by atoms with Crippen LogP contribution in [-0.2, 0) is 16.1 Å². The molecule has 2 aromatic rings. The van der Waals surface area contributed by atoms with E-state index >= 15 is 0 Å². The molecule has 2 bridgehead atoms. The molecule has 1 amide bonds. The van der Waals surface area contributed by atoms with Crippen molar-refractivity contribution in [2.24, 2.45) is 5.92 Å². The van der Waals surface area contributed by atoms with E-state index in [1.54, 1.807) is 6.92 Å². The lowest BCUT2D eigenvalue weighted by Crippen LogP contribution is -2.45. The summed E-state index contributed by atoms with van der Waals surface area (Å²) >= 11 is 0. The molecule has 2 saturated heterocycles. The van der Waals surface area contributed by atoms with Gasteiger partial charge in [-0.3, -0.25) is 9.69 Å². The highest BCUT2D eigenvalue weighted by atomic mass is 16.5. The van der Waals surface area contributed by atoms with Crippen molar-refractivity contribution >= 4 is 23.5 Å². The summed E-state index contributed by atoms with van der Waals surface area (Å²) in [6, 6.07) is 8.09. The molecule has 2 fully saturated rings. The number of carbonyl (C=O) groups excluding carboxylic acids is 1. The summed E-state index contributed by atoms with van der Waals surface area (Å²) in [5.41, 5.74) is 7.99. The van der Waals surface area contributed by atoms with Crippen LogP contribution in [0.4, 0.5) is 17.6 Å². The third-order valence-corrected chi connectivity index (χ3v) is 5.35. The second-order valence-corrected chi connectivity index (χ2v) is 7.84. The number of nitrogens with zero attached hydrogens (tertiary/aromatic N) is 5. The smallest absolute Gasteiger partial charge is 0.232 e. The summed E-state index contributed by atoms with van der Waals surface area (Å²) in [7, 11) is 0. The number of nitrogens with two attached hydrogens (primary N) is 1. The molecule has 154 valence electrons. The quantitative estimate of drug-likeness (QED) is 0.792. The minimum Gasteiger partial charge on any atom is -0.379 e. The van der Waals surface area contributed by atoms with E-state index in [0.29, 0.717) is 38.1 Å². The third-order valence-electron chi connectivity index (χ3n) is 5.35. The molecule has 1 aromatic heterocycles. The number of carbonyl (C=O) groups is 1.